The summed E-state index contributed by atoms with van der Waals surface area (Å²) in [7, 11) is 0. The van der Waals surface area contributed by atoms with Crippen molar-refractivity contribution in [1.82, 2.24) is 15.5 Å². The lowest BCUT2D eigenvalue weighted by molar-refractivity contribution is -0.274. The van der Waals surface area contributed by atoms with Crippen molar-refractivity contribution in [3.8, 4) is 5.75 Å². The molecular weight excluding hydrogens is 465 g/mol. The molecule has 0 radical (unpaired) electrons. The predicted molar refractivity (Wildman–Crippen MR) is 109 cm³/mol. The van der Waals surface area contributed by atoms with E-state index in [1.165, 1.54) is 11.8 Å². The van der Waals surface area contributed by atoms with Crippen molar-refractivity contribution in [3.05, 3.63) is 23.8 Å². The number of nitrogens with zero attached hydrogens (tertiary/aromatic N) is 1. The van der Waals surface area contributed by atoms with Crippen LogP contribution in [0.4, 0.5) is 18.9 Å². The number of nitrogens with one attached hydrogen (secondary N) is 2. The van der Waals surface area contributed by atoms with Gasteiger partial charge in [0.15, 0.2) is 5.75 Å². The first-order valence-corrected chi connectivity index (χ1v) is 10.1. The highest BCUT2D eigenvalue weighted by atomic mass is 19.4. The zero-order chi connectivity index (χ0) is 25.6. The minimum absolute atomic E-state index is 0.174. The van der Waals surface area contributed by atoms with Gasteiger partial charge < -0.3 is 35.9 Å². The molecule has 0 aliphatic carbocycles. The number of benzene rings is 1. The normalized spacial score (nSPS) is 17.4. The van der Waals surface area contributed by atoms with E-state index in [9.17, 15) is 37.1 Å². The number of rotatable bonds is 9. The Morgan fingerprint density at radius 1 is 1.29 bits per heavy atom. The van der Waals surface area contributed by atoms with E-state index in [0.29, 0.717) is 6.42 Å². The molecule has 0 bridgehead atoms. The molecular formula is C20H23F3N4O7. The van der Waals surface area contributed by atoms with Gasteiger partial charge in [-0.05, 0) is 38.0 Å². The van der Waals surface area contributed by atoms with Crippen molar-refractivity contribution in [2.75, 3.05) is 12.3 Å². The summed E-state index contributed by atoms with van der Waals surface area (Å²) in [6, 6.07) is -0.428. The maximum atomic E-state index is 12.8. The number of amides is 3. The number of carboxylic acids is 1. The highest BCUT2D eigenvalue weighted by Gasteiger charge is 2.37. The fourth-order valence-electron chi connectivity index (χ4n) is 3.38. The number of hydrogen-bond donors (Lipinski definition) is 4. The van der Waals surface area contributed by atoms with Gasteiger partial charge in [0.25, 0.3) is 5.91 Å². The summed E-state index contributed by atoms with van der Waals surface area (Å²) in [4.78, 5) is 60.8. The van der Waals surface area contributed by atoms with Gasteiger partial charge in [-0.1, -0.05) is 0 Å². The van der Waals surface area contributed by atoms with Crippen LogP contribution >= 0.6 is 0 Å². The van der Waals surface area contributed by atoms with Crippen LogP contribution < -0.4 is 21.1 Å². The van der Waals surface area contributed by atoms with E-state index in [1.54, 1.807) is 0 Å². The number of ether oxygens (including phenoxy) is 1. The third-order valence-corrected chi connectivity index (χ3v) is 4.94. The van der Waals surface area contributed by atoms with Crippen LogP contribution in [0, 0.1) is 0 Å². The summed E-state index contributed by atoms with van der Waals surface area (Å²) in [6.45, 7) is 1.50. The van der Waals surface area contributed by atoms with Crippen LogP contribution in [0.15, 0.2) is 18.2 Å². The van der Waals surface area contributed by atoms with Crippen molar-refractivity contribution < 1.29 is 47.0 Å². The van der Waals surface area contributed by atoms with Crippen LogP contribution in [0.2, 0.25) is 0 Å². The molecule has 1 aromatic rings. The van der Waals surface area contributed by atoms with Gasteiger partial charge >= 0.3 is 12.3 Å². The Bertz CT molecular complexity index is 970. The van der Waals surface area contributed by atoms with Gasteiger partial charge in [0, 0.05) is 12.1 Å². The summed E-state index contributed by atoms with van der Waals surface area (Å²) in [6.07, 6.45) is -4.66. The van der Waals surface area contributed by atoms with Gasteiger partial charge in [-0.15, -0.1) is 13.2 Å². The molecule has 3 unspecified atom stereocenters. The molecule has 0 spiro atoms. The van der Waals surface area contributed by atoms with Crippen LogP contribution in [-0.2, 0) is 19.2 Å². The molecule has 1 fully saturated rings. The van der Waals surface area contributed by atoms with Crippen LogP contribution in [0.5, 0.6) is 5.75 Å². The van der Waals surface area contributed by atoms with Gasteiger partial charge in [0.1, 0.15) is 18.4 Å². The van der Waals surface area contributed by atoms with Crippen molar-refractivity contribution >= 4 is 35.7 Å². The number of halogens is 3. The largest absolute Gasteiger partial charge is 0.573 e. The molecule has 0 aromatic heterocycles. The molecule has 5 N–H and O–H groups in total. The summed E-state index contributed by atoms with van der Waals surface area (Å²) in [5, 5.41) is 13.4. The molecule has 11 nitrogen and oxygen atoms in total. The summed E-state index contributed by atoms with van der Waals surface area (Å²) >= 11 is 0. The number of alkyl halides is 3. The highest BCUT2D eigenvalue weighted by molar-refractivity contribution is 5.99. The van der Waals surface area contributed by atoms with Crippen molar-refractivity contribution in [1.29, 1.82) is 0 Å². The highest BCUT2D eigenvalue weighted by Crippen LogP contribution is 2.29. The predicted octanol–water partition coefficient (Wildman–Crippen LogP) is 0.435. The van der Waals surface area contributed by atoms with E-state index in [-0.39, 0.29) is 30.5 Å². The maximum Gasteiger partial charge on any atom is 0.573 e. The first-order valence-electron chi connectivity index (χ1n) is 10.1. The van der Waals surface area contributed by atoms with E-state index in [2.05, 4.69) is 15.4 Å². The smallest absolute Gasteiger partial charge is 0.481 e. The van der Waals surface area contributed by atoms with Crippen LogP contribution in [-0.4, -0.2) is 71.0 Å². The second kappa shape index (κ2) is 10.9. The van der Waals surface area contributed by atoms with Crippen LogP contribution in [0.1, 0.15) is 36.5 Å². The summed E-state index contributed by atoms with van der Waals surface area (Å²) in [5.41, 5.74) is 4.84. The number of carbonyl (C=O) groups is 5. The Balaban J connectivity index is 2.06. The number of carboxylic acid groups (broad SMARTS) is 1. The summed E-state index contributed by atoms with van der Waals surface area (Å²) < 4.78 is 41.3. The standard InChI is InChI=1S/C20H23F3N4O7/c1-10(25-17(31)11-4-5-13(24)15(7-11)34-20(21,22)23)19(33)27-6-2-3-14(27)18(32)26-12(9-28)8-16(29)30/h4-5,7,9-10,12,14H,2-3,6,8,24H2,1H3,(H,25,31)(H,26,32)(H,29,30). The Morgan fingerprint density at radius 3 is 2.56 bits per heavy atom. The van der Waals surface area contributed by atoms with E-state index in [0.717, 1.165) is 18.2 Å². The van der Waals surface area contributed by atoms with E-state index < -0.39 is 60.3 Å². The minimum atomic E-state index is -5.02. The average molecular weight is 488 g/mol. The lowest BCUT2D eigenvalue weighted by Gasteiger charge is -2.27. The molecule has 1 aromatic carbocycles. The zero-order valence-electron chi connectivity index (χ0n) is 17.9. The van der Waals surface area contributed by atoms with Gasteiger partial charge in [0.05, 0.1) is 18.2 Å². The first kappa shape index (κ1) is 26.4. The van der Waals surface area contributed by atoms with Crippen LogP contribution in [0.25, 0.3) is 0 Å². The van der Waals surface area contributed by atoms with Gasteiger partial charge in [-0.25, -0.2) is 0 Å². The average Bonchev–Trinajstić information content (AvgIpc) is 3.22. The first-order chi connectivity index (χ1) is 15.8. The Morgan fingerprint density at radius 2 is 1.97 bits per heavy atom. The van der Waals surface area contributed by atoms with Crippen molar-refractivity contribution in [2.24, 2.45) is 0 Å². The second-order valence-electron chi connectivity index (χ2n) is 7.53. The molecule has 186 valence electrons. The van der Waals surface area contributed by atoms with Crippen LogP contribution in [0.3, 0.4) is 0 Å². The van der Waals surface area contributed by atoms with E-state index in [1.807, 2.05) is 0 Å². The monoisotopic (exact) mass is 488 g/mol. The molecule has 0 saturated carbocycles. The number of carbonyl (C=O) groups excluding carboxylic acids is 4. The zero-order valence-corrected chi connectivity index (χ0v) is 17.9. The minimum Gasteiger partial charge on any atom is -0.481 e. The number of nitrogens with two attached hydrogens (primary N) is 1. The molecule has 34 heavy (non-hydrogen) atoms. The molecule has 2 rings (SSSR count). The molecule has 1 saturated heterocycles. The third-order valence-electron chi connectivity index (χ3n) is 4.94. The summed E-state index contributed by atoms with van der Waals surface area (Å²) in [5.74, 6) is -4.30. The fourth-order valence-corrected chi connectivity index (χ4v) is 3.38. The SMILES string of the molecule is CC(NC(=O)c1ccc(N)c(OC(F)(F)F)c1)C(=O)N1CCCC1C(=O)NC(C=O)CC(=O)O. The van der Waals surface area contributed by atoms with Crippen molar-refractivity contribution in [3.63, 3.8) is 0 Å². The Kier molecular flexibility index (Phi) is 8.43. The second-order valence-corrected chi connectivity index (χ2v) is 7.53. The number of anilines is 1. The Hall–Kier alpha value is -3.84. The fraction of sp³-hybridized carbons (Fsp3) is 0.450. The lowest BCUT2D eigenvalue weighted by Crippen LogP contribution is -2.54. The number of aliphatic carboxylic acids is 1. The number of nitrogen functional groups attached to an aromatic ring is 1. The van der Waals surface area contributed by atoms with E-state index >= 15 is 0 Å². The van der Waals surface area contributed by atoms with Gasteiger partial charge in [0.2, 0.25) is 11.8 Å². The molecule has 3 amide bonds. The number of likely N-dealkylation sites (tertiary alicyclic amines) is 1. The molecule has 14 heteroatoms. The number of hydrogen-bond acceptors (Lipinski definition) is 7. The van der Waals surface area contributed by atoms with Gasteiger partial charge in [-0.2, -0.15) is 0 Å². The van der Waals surface area contributed by atoms with Gasteiger partial charge in [-0.3, -0.25) is 19.2 Å². The van der Waals surface area contributed by atoms with Crippen molar-refractivity contribution in [2.45, 2.75) is 50.7 Å². The maximum absolute atomic E-state index is 12.8. The topological polar surface area (TPSA) is 168 Å². The number of aldehydes is 1. The Labute approximate surface area is 191 Å². The lowest BCUT2D eigenvalue weighted by atomic mass is 10.1. The molecule has 1 aliphatic heterocycles. The quantitative estimate of drug-likeness (QED) is 0.287. The third kappa shape index (κ3) is 7.08. The molecule has 3 atom stereocenters. The van der Waals surface area contributed by atoms with E-state index in [4.69, 9.17) is 10.8 Å². The molecule has 1 aliphatic rings. The molecule has 1 heterocycles.